The Bertz CT molecular complexity index is 172. The Balaban J connectivity index is 3.89. The lowest BCUT2D eigenvalue weighted by Crippen LogP contribution is -2.14. The third-order valence-corrected chi connectivity index (χ3v) is 3.31. The second-order valence-electron chi connectivity index (χ2n) is 3.01. The normalized spacial score (nSPS) is 12.3. The molecule has 0 aromatic heterocycles. The summed E-state index contributed by atoms with van der Waals surface area (Å²) < 4.78 is 22.1. The summed E-state index contributed by atoms with van der Waals surface area (Å²) in [5.41, 5.74) is 0. The van der Waals surface area contributed by atoms with Crippen LogP contribution in [0.5, 0.6) is 0 Å². The molecule has 0 rings (SSSR count). The van der Waals surface area contributed by atoms with Crippen LogP contribution in [0.2, 0.25) is 6.32 Å². The quantitative estimate of drug-likeness (QED) is 0.549. The van der Waals surface area contributed by atoms with E-state index in [1.807, 2.05) is 21.7 Å². The lowest BCUT2D eigenvalue weighted by Gasteiger charge is -2.04. The van der Waals surface area contributed by atoms with E-state index < -0.39 is 9.84 Å². The summed E-state index contributed by atoms with van der Waals surface area (Å²) >= 11 is 0. The molecule has 60 valence electrons. The van der Waals surface area contributed by atoms with Gasteiger partial charge in [-0.3, -0.25) is 0 Å². The van der Waals surface area contributed by atoms with Gasteiger partial charge >= 0.3 is 0 Å². The van der Waals surface area contributed by atoms with E-state index in [2.05, 4.69) is 0 Å². The lowest BCUT2D eigenvalue weighted by atomic mass is 10.1. The van der Waals surface area contributed by atoms with Gasteiger partial charge in [0.05, 0.1) is 5.75 Å². The van der Waals surface area contributed by atoms with Gasteiger partial charge in [0, 0.05) is 5.75 Å². The Labute approximate surface area is 64.3 Å². The summed E-state index contributed by atoms with van der Waals surface area (Å²) in [5, 5.41) is 0. The molecule has 0 N–H and O–H groups in total. The number of rotatable bonds is 4. The van der Waals surface area contributed by atoms with Gasteiger partial charge in [0.2, 0.25) is 0 Å². The molecule has 10 heavy (non-hydrogen) atoms. The van der Waals surface area contributed by atoms with Gasteiger partial charge in [0.15, 0.2) is 0 Å². The number of hydrogen-bond acceptors (Lipinski definition) is 2. The van der Waals surface area contributed by atoms with Crippen LogP contribution in [0.1, 0.15) is 13.8 Å². The van der Waals surface area contributed by atoms with E-state index in [1.54, 1.807) is 0 Å². The van der Waals surface area contributed by atoms with Crippen molar-refractivity contribution in [1.82, 2.24) is 0 Å². The lowest BCUT2D eigenvalue weighted by molar-refractivity contribution is 0.583. The van der Waals surface area contributed by atoms with Crippen molar-refractivity contribution in [2.45, 2.75) is 20.2 Å². The Hall–Kier alpha value is 0.0149. The Morgan fingerprint density at radius 2 is 1.90 bits per heavy atom. The van der Waals surface area contributed by atoms with Crippen LogP contribution in [0.3, 0.4) is 0 Å². The van der Waals surface area contributed by atoms with E-state index in [0.29, 0.717) is 11.5 Å². The summed E-state index contributed by atoms with van der Waals surface area (Å²) in [7, 11) is -0.844. The minimum atomic E-state index is -2.73. The summed E-state index contributed by atoms with van der Waals surface area (Å²) in [6.45, 7) is 3.85. The van der Waals surface area contributed by atoms with Crippen LogP contribution in [0.4, 0.5) is 0 Å². The molecule has 0 atom stereocenters. The minimum absolute atomic E-state index is 0.261. The van der Waals surface area contributed by atoms with E-state index in [0.717, 1.165) is 6.32 Å². The highest BCUT2D eigenvalue weighted by molar-refractivity contribution is 7.91. The fourth-order valence-corrected chi connectivity index (χ4v) is 2.71. The van der Waals surface area contributed by atoms with E-state index in [9.17, 15) is 8.42 Å². The van der Waals surface area contributed by atoms with Gasteiger partial charge in [-0.15, -0.1) is 0 Å². The zero-order valence-corrected chi connectivity index (χ0v) is 7.74. The van der Waals surface area contributed by atoms with Gasteiger partial charge in [-0.25, -0.2) is 8.42 Å². The van der Waals surface area contributed by atoms with Crippen molar-refractivity contribution in [3.63, 3.8) is 0 Å². The Morgan fingerprint density at radius 1 is 1.40 bits per heavy atom. The van der Waals surface area contributed by atoms with Crippen LogP contribution in [0.15, 0.2) is 0 Å². The topological polar surface area (TPSA) is 34.1 Å². The second kappa shape index (κ2) is 4.01. The number of hydrogen-bond donors (Lipinski definition) is 0. The fraction of sp³-hybridized carbons (Fsp3) is 1.00. The molecule has 0 saturated heterocycles. The van der Waals surface area contributed by atoms with E-state index in [1.165, 1.54) is 0 Å². The SMILES string of the molecule is BCCS(=O)(=O)CC(C)C. The highest BCUT2D eigenvalue weighted by atomic mass is 32.2. The van der Waals surface area contributed by atoms with Crippen LogP contribution >= 0.6 is 0 Å². The third-order valence-electron chi connectivity index (χ3n) is 1.10. The van der Waals surface area contributed by atoms with Crippen molar-refractivity contribution < 1.29 is 8.42 Å². The van der Waals surface area contributed by atoms with Crippen LogP contribution < -0.4 is 0 Å². The molecule has 0 aliphatic carbocycles. The molecule has 2 nitrogen and oxygen atoms in total. The molecular weight excluding hydrogens is 147 g/mol. The predicted octanol–water partition coefficient (Wildman–Crippen LogP) is 0.109. The average Bonchev–Trinajstić information content (AvgIpc) is 1.59. The first-order valence-electron chi connectivity index (χ1n) is 3.68. The molecule has 0 unspecified atom stereocenters. The summed E-state index contributed by atoms with van der Waals surface area (Å²) in [4.78, 5) is 0. The van der Waals surface area contributed by atoms with Crippen LogP contribution in [-0.2, 0) is 9.84 Å². The fourth-order valence-electron chi connectivity index (χ4n) is 0.902. The molecule has 0 aromatic rings. The van der Waals surface area contributed by atoms with Gasteiger partial charge < -0.3 is 0 Å². The molecule has 0 heterocycles. The van der Waals surface area contributed by atoms with Crippen molar-refractivity contribution in [2.24, 2.45) is 5.92 Å². The molecule has 0 saturated carbocycles. The summed E-state index contributed by atoms with van der Waals surface area (Å²) in [5.74, 6) is 0.933. The minimum Gasteiger partial charge on any atom is -0.229 e. The molecule has 0 amide bonds. The molecule has 0 aromatic carbocycles. The van der Waals surface area contributed by atoms with E-state index in [4.69, 9.17) is 0 Å². The smallest absolute Gasteiger partial charge is 0.149 e. The molecule has 0 radical (unpaired) electrons. The maximum Gasteiger partial charge on any atom is 0.149 e. The molecule has 0 aliphatic rings. The molecule has 0 aliphatic heterocycles. The molecule has 0 fully saturated rings. The first kappa shape index (κ1) is 10.0. The summed E-state index contributed by atoms with van der Waals surface area (Å²) in [6.07, 6.45) is 0.731. The molecular formula is C6H15BO2S. The number of sulfone groups is 1. The van der Waals surface area contributed by atoms with E-state index in [-0.39, 0.29) is 5.92 Å². The van der Waals surface area contributed by atoms with Crippen molar-refractivity contribution in [3.8, 4) is 0 Å². The maximum atomic E-state index is 11.0. The van der Waals surface area contributed by atoms with Gasteiger partial charge in [0.25, 0.3) is 0 Å². The van der Waals surface area contributed by atoms with Crippen molar-refractivity contribution >= 4 is 17.7 Å². The zero-order valence-electron chi connectivity index (χ0n) is 6.92. The maximum absolute atomic E-state index is 11.0. The van der Waals surface area contributed by atoms with Crippen LogP contribution in [0, 0.1) is 5.92 Å². The van der Waals surface area contributed by atoms with Crippen molar-refractivity contribution in [2.75, 3.05) is 11.5 Å². The molecule has 0 bridgehead atoms. The largest absolute Gasteiger partial charge is 0.229 e. The van der Waals surface area contributed by atoms with Gasteiger partial charge in [-0.05, 0) is 5.92 Å². The molecule has 4 heteroatoms. The van der Waals surface area contributed by atoms with Gasteiger partial charge in [0.1, 0.15) is 17.7 Å². The van der Waals surface area contributed by atoms with Crippen LogP contribution in [0.25, 0.3) is 0 Å². The summed E-state index contributed by atoms with van der Waals surface area (Å²) in [6, 6.07) is 0. The predicted molar refractivity (Wildman–Crippen MR) is 46.8 cm³/mol. The first-order chi connectivity index (χ1) is 4.48. The highest BCUT2D eigenvalue weighted by Crippen LogP contribution is 2.00. The zero-order chi connectivity index (χ0) is 8.20. The standard InChI is InChI=1S/C6H15BO2S/c1-6(2)5-10(8,9)4-3-7/h6H,3-5,7H2,1-2H3. The third kappa shape index (κ3) is 4.85. The highest BCUT2D eigenvalue weighted by Gasteiger charge is 2.10. The van der Waals surface area contributed by atoms with Crippen molar-refractivity contribution in [1.29, 1.82) is 0 Å². The van der Waals surface area contributed by atoms with Gasteiger partial charge in [-0.1, -0.05) is 20.2 Å². The molecule has 0 spiro atoms. The monoisotopic (exact) mass is 162 g/mol. The Morgan fingerprint density at radius 3 is 2.20 bits per heavy atom. The second-order valence-corrected chi connectivity index (χ2v) is 5.24. The van der Waals surface area contributed by atoms with E-state index >= 15 is 0 Å². The van der Waals surface area contributed by atoms with Gasteiger partial charge in [-0.2, -0.15) is 0 Å². The van der Waals surface area contributed by atoms with Crippen molar-refractivity contribution in [3.05, 3.63) is 0 Å². The first-order valence-corrected chi connectivity index (χ1v) is 5.50. The van der Waals surface area contributed by atoms with Crippen LogP contribution in [-0.4, -0.2) is 27.8 Å². The Kier molecular flexibility index (Phi) is 4.02. The average molecular weight is 162 g/mol.